The van der Waals surface area contributed by atoms with E-state index in [0.29, 0.717) is 29.4 Å². The molecule has 0 saturated carbocycles. The first-order chi connectivity index (χ1) is 15.2. The summed E-state index contributed by atoms with van der Waals surface area (Å²) in [5.41, 5.74) is 3.82. The predicted molar refractivity (Wildman–Crippen MR) is 130 cm³/mol. The molecule has 3 aromatic rings. The summed E-state index contributed by atoms with van der Waals surface area (Å²) in [6.07, 6.45) is 11.5. The number of aromatic nitrogens is 6. The van der Waals surface area contributed by atoms with E-state index in [-0.39, 0.29) is 11.0 Å². The zero-order valence-corrected chi connectivity index (χ0v) is 19.6. The van der Waals surface area contributed by atoms with E-state index in [2.05, 4.69) is 67.7 Å². The van der Waals surface area contributed by atoms with Crippen molar-refractivity contribution in [2.75, 3.05) is 11.9 Å². The highest BCUT2D eigenvalue weighted by Crippen LogP contribution is 2.25. The fourth-order valence-corrected chi connectivity index (χ4v) is 3.06. The van der Waals surface area contributed by atoms with Gasteiger partial charge in [-0.25, -0.2) is 14.5 Å². The van der Waals surface area contributed by atoms with Crippen molar-refractivity contribution in [2.24, 2.45) is 5.41 Å². The molecule has 3 aromatic heterocycles. The Bertz CT molecular complexity index is 1190. The number of fused-ring (bicyclic) bond motifs is 1. The van der Waals surface area contributed by atoms with Crippen LogP contribution in [0.2, 0.25) is 0 Å². The largest absolute Gasteiger partial charge is 0.354 e. The van der Waals surface area contributed by atoms with Crippen molar-refractivity contribution >= 4 is 17.2 Å². The van der Waals surface area contributed by atoms with Gasteiger partial charge >= 0.3 is 0 Å². The lowest BCUT2D eigenvalue weighted by molar-refractivity contribution is 0.504. The molecule has 32 heavy (non-hydrogen) atoms. The van der Waals surface area contributed by atoms with Gasteiger partial charge in [0, 0.05) is 30.4 Å². The summed E-state index contributed by atoms with van der Waals surface area (Å²) < 4.78 is 1.63. The summed E-state index contributed by atoms with van der Waals surface area (Å²) in [6.45, 7) is 15.5. The predicted octanol–water partition coefficient (Wildman–Crippen LogP) is 4.51. The van der Waals surface area contributed by atoms with Crippen molar-refractivity contribution in [1.82, 2.24) is 29.5 Å². The van der Waals surface area contributed by atoms with Gasteiger partial charge in [0.2, 0.25) is 5.95 Å². The van der Waals surface area contributed by atoms with Gasteiger partial charge in [0.25, 0.3) is 5.56 Å². The van der Waals surface area contributed by atoms with Crippen molar-refractivity contribution in [1.29, 1.82) is 0 Å². The van der Waals surface area contributed by atoms with E-state index in [9.17, 15) is 4.79 Å². The van der Waals surface area contributed by atoms with Crippen LogP contribution in [-0.2, 0) is 6.42 Å². The topological polar surface area (TPSA) is 104 Å². The molecule has 8 heteroatoms. The first kappa shape index (κ1) is 23.2. The highest BCUT2D eigenvalue weighted by molar-refractivity contribution is 5.72. The quantitative estimate of drug-likeness (QED) is 0.339. The minimum Gasteiger partial charge on any atom is -0.354 e. The van der Waals surface area contributed by atoms with E-state index >= 15 is 0 Å². The molecule has 0 aromatic carbocycles. The number of hydrogen-bond donors (Lipinski definition) is 3. The van der Waals surface area contributed by atoms with Gasteiger partial charge in [0.15, 0.2) is 11.5 Å². The average molecular weight is 436 g/mol. The molecule has 0 fully saturated rings. The van der Waals surface area contributed by atoms with E-state index in [0.717, 1.165) is 30.7 Å². The number of nitrogens with zero attached hydrogens (tertiary/aromatic N) is 4. The maximum atomic E-state index is 12.8. The monoisotopic (exact) mass is 435 g/mol. The van der Waals surface area contributed by atoms with E-state index < -0.39 is 0 Å². The molecule has 0 unspecified atom stereocenters. The Hall–Kier alpha value is -3.42. The number of hydrogen-bond acceptors (Lipinski definition) is 5. The molecule has 0 bridgehead atoms. The van der Waals surface area contributed by atoms with Crippen LogP contribution in [0.25, 0.3) is 11.2 Å². The summed E-state index contributed by atoms with van der Waals surface area (Å²) >= 11 is 0. The van der Waals surface area contributed by atoms with Crippen LogP contribution in [0.1, 0.15) is 64.5 Å². The number of unbranched alkanes of at least 4 members (excludes halogenated alkanes) is 1. The van der Waals surface area contributed by atoms with Crippen LogP contribution in [0.15, 0.2) is 47.7 Å². The smallest absolute Gasteiger partial charge is 0.270 e. The molecule has 0 saturated heterocycles. The Morgan fingerprint density at radius 1 is 1.28 bits per heavy atom. The molecule has 0 amide bonds. The lowest BCUT2D eigenvalue weighted by Crippen LogP contribution is -2.12. The molecule has 3 rings (SSSR count). The van der Waals surface area contributed by atoms with E-state index in [4.69, 9.17) is 9.97 Å². The zero-order valence-electron chi connectivity index (χ0n) is 19.6. The fraction of sp³-hybridized carbons (Fsp3) is 0.417. The normalized spacial score (nSPS) is 13.0. The second-order valence-corrected chi connectivity index (χ2v) is 8.91. The number of anilines is 1. The standard InChI is InChI=1S/C24H33N7O/c1-7-9-12-26-23-29-20(17(8-2)11-10-16(3)24(4,5)6)28-21-19(22(32)30-31(21)23)13-18-14-25-15-27-18/h8,10-11,14-15H,2,7,9,12-13H2,1,3-6H3,(H,25,27)(H,30,32)(H,26,28,29)/b16-10+,17-11+. The molecular formula is C24H33N7O. The molecule has 0 aliphatic carbocycles. The third kappa shape index (κ3) is 5.25. The van der Waals surface area contributed by atoms with E-state index in [1.54, 1.807) is 23.1 Å². The summed E-state index contributed by atoms with van der Waals surface area (Å²) in [5.74, 6) is 1.07. The number of H-pyrrole nitrogens is 2. The Labute approximate surface area is 188 Å². The van der Waals surface area contributed by atoms with Gasteiger partial charge in [0.1, 0.15) is 0 Å². The SMILES string of the molecule is C=C/C(=C\C=C(/C)C(C)(C)C)c1nc(NCCCC)n2[nH]c(=O)c(Cc3cnc[nH]3)c2n1. The third-order valence-electron chi connectivity index (χ3n) is 5.51. The average Bonchev–Trinajstić information content (AvgIpc) is 3.36. The van der Waals surface area contributed by atoms with Crippen molar-refractivity contribution in [3.05, 3.63) is 70.3 Å². The van der Waals surface area contributed by atoms with Crippen molar-refractivity contribution in [3.8, 4) is 0 Å². The van der Waals surface area contributed by atoms with Gasteiger partial charge < -0.3 is 10.3 Å². The Balaban J connectivity index is 2.14. The highest BCUT2D eigenvalue weighted by Gasteiger charge is 2.18. The summed E-state index contributed by atoms with van der Waals surface area (Å²) in [6, 6.07) is 0. The van der Waals surface area contributed by atoms with Crippen molar-refractivity contribution < 1.29 is 0 Å². The summed E-state index contributed by atoms with van der Waals surface area (Å²) in [4.78, 5) is 29.3. The summed E-state index contributed by atoms with van der Waals surface area (Å²) in [7, 11) is 0. The molecule has 0 spiro atoms. The number of rotatable bonds is 9. The fourth-order valence-electron chi connectivity index (χ4n) is 3.06. The van der Waals surface area contributed by atoms with Crippen LogP contribution >= 0.6 is 0 Å². The van der Waals surface area contributed by atoms with Gasteiger partial charge in [-0.3, -0.25) is 9.89 Å². The van der Waals surface area contributed by atoms with Crippen LogP contribution in [0.5, 0.6) is 0 Å². The molecule has 0 aliphatic rings. The van der Waals surface area contributed by atoms with Crippen LogP contribution < -0.4 is 10.9 Å². The van der Waals surface area contributed by atoms with Gasteiger partial charge in [-0.1, -0.05) is 64.5 Å². The van der Waals surface area contributed by atoms with Crippen molar-refractivity contribution in [2.45, 2.75) is 53.9 Å². The first-order valence-electron chi connectivity index (χ1n) is 11.0. The molecule has 8 nitrogen and oxygen atoms in total. The second-order valence-electron chi connectivity index (χ2n) is 8.91. The first-order valence-corrected chi connectivity index (χ1v) is 11.0. The van der Waals surface area contributed by atoms with Crippen LogP contribution in [0.4, 0.5) is 5.95 Å². The lowest BCUT2D eigenvalue weighted by atomic mass is 9.87. The molecule has 0 atom stereocenters. The number of nitrogens with one attached hydrogen (secondary N) is 3. The molecule has 0 aliphatic heterocycles. The molecule has 3 heterocycles. The molecule has 0 radical (unpaired) electrons. The summed E-state index contributed by atoms with van der Waals surface area (Å²) in [5, 5.41) is 6.21. The minimum atomic E-state index is -0.197. The maximum Gasteiger partial charge on any atom is 0.270 e. The van der Waals surface area contributed by atoms with Crippen LogP contribution in [-0.4, -0.2) is 36.1 Å². The number of imidazole rings is 1. The zero-order chi connectivity index (χ0) is 23.3. The van der Waals surface area contributed by atoms with Gasteiger partial charge in [0.05, 0.1) is 11.9 Å². The van der Waals surface area contributed by atoms with Gasteiger partial charge in [-0.2, -0.15) is 4.98 Å². The van der Waals surface area contributed by atoms with Crippen LogP contribution in [0, 0.1) is 5.41 Å². The maximum absolute atomic E-state index is 12.8. The second kappa shape index (κ2) is 9.80. The molecule has 3 N–H and O–H groups in total. The van der Waals surface area contributed by atoms with E-state index in [1.807, 2.05) is 6.08 Å². The minimum absolute atomic E-state index is 0.0612. The Kier molecular flexibility index (Phi) is 7.12. The number of aromatic amines is 2. The lowest BCUT2D eigenvalue weighted by Gasteiger charge is -2.18. The van der Waals surface area contributed by atoms with Crippen LogP contribution in [0.3, 0.4) is 0 Å². The van der Waals surface area contributed by atoms with Gasteiger partial charge in [-0.15, -0.1) is 0 Å². The third-order valence-corrected chi connectivity index (χ3v) is 5.51. The molecular weight excluding hydrogens is 402 g/mol. The molecule has 170 valence electrons. The number of allylic oxidation sites excluding steroid dienone is 5. The van der Waals surface area contributed by atoms with Gasteiger partial charge in [-0.05, 0) is 18.8 Å². The van der Waals surface area contributed by atoms with E-state index in [1.165, 1.54) is 5.57 Å². The van der Waals surface area contributed by atoms with Crippen molar-refractivity contribution in [3.63, 3.8) is 0 Å². The Morgan fingerprint density at radius 2 is 2.06 bits per heavy atom. The highest BCUT2D eigenvalue weighted by atomic mass is 16.1. The Morgan fingerprint density at radius 3 is 2.69 bits per heavy atom.